The zero-order valence-corrected chi connectivity index (χ0v) is 19.5. The molecule has 0 bridgehead atoms. The first-order chi connectivity index (χ1) is 13.8. The molecule has 3 rings (SSSR count). The predicted octanol–water partition coefficient (Wildman–Crippen LogP) is 3.67. The molecule has 2 heterocycles. The largest absolute Gasteiger partial charge is 0.386 e. The van der Waals surface area contributed by atoms with Crippen molar-refractivity contribution in [3.05, 3.63) is 57.0 Å². The van der Waals surface area contributed by atoms with Gasteiger partial charge in [0.15, 0.2) is 9.84 Å². The maximum Gasteiger partial charge on any atom is 0.275 e. The number of amides is 1. The minimum atomic E-state index is -3.71. The van der Waals surface area contributed by atoms with Crippen LogP contribution in [0.3, 0.4) is 0 Å². The van der Waals surface area contributed by atoms with Gasteiger partial charge in [-0.1, -0.05) is 11.6 Å². The molecule has 1 aromatic heterocycles. The first-order valence-electron chi connectivity index (χ1n) is 8.77. The second-order valence-electron chi connectivity index (χ2n) is 7.67. The van der Waals surface area contributed by atoms with Gasteiger partial charge in [-0.3, -0.25) is 9.79 Å². The minimum Gasteiger partial charge on any atom is -0.386 e. The van der Waals surface area contributed by atoms with Gasteiger partial charge in [0.2, 0.25) is 0 Å². The Morgan fingerprint density at radius 1 is 1.30 bits per heavy atom. The molecule has 11 heteroatoms. The summed E-state index contributed by atoms with van der Waals surface area (Å²) in [5.74, 6) is -1.74. The second kappa shape index (κ2) is 7.58. The van der Waals surface area contributed by atoms with Gasteiger partial charge in [-0.2, -0.15) is 0 Å². The van der Waals surface area contributed by atoms with Crippen LogP contribution in [-0.2, 0) is 15.4 Å². The quantitative estimate of drug-likeness (QED) is 0.645. The summed E-state index contributed by atoms with van der Waals surface area (Å²) in [7, 11) is -3.71. The number of carbonyl (C=O) groups excluding carboxylic acids is 1. The summed E-state index contributed by atoms with van der Waals surface area (Å²) >= 11 is 9.06. The number of anilines is 1. The number of rotatable bonds is 3. The standard InChI is InChI=1S/C19H19BrClFN4O3S/c1-18(2)17(23)26-19(3,9-30(18,28)29)12-7-11(4-5-14(12)22)25-16(27)15-13(20)6-10(21)8-24-15/h4-8H,9H2,1-3H3,(H2,23,26)(H,25,27)/t19-/m0/s1. The Morgan fingerprint density at radius 2 is 1.97 bits per heavy atom. The molecule has 3 N–H and O–H groups in total. The highest BCUT2D eigenvalue weighted by atomic mass is 79.9. The predicted molar refractivity (Wildman–Crippen MR) is 118 cm³/mol. The lowest BCUT2D eigenvalue weighted by Crippen LogP contribution is -2.55. The molecule has 0 saturated carbocycles. The van der Waals surface area contributed by atoms with Gasteiger partial charge in [-0.05, 0) is 61.0 Å². The van der Waals surface area contributed by atoms with Crippen LogP contribution in [0.4, 0.5) is 10.1 Å². The third-order valence-electron chi connectivity index (χ3n) is 5.06. The third-order valence-corrected chi connectivity index (χ3v) is 8.58. The number of hydrogen-bond donors (Lipinski definition) is 2. The van der Waals surface area contributed by atoms with E-state index in [9.17, 15) is 17.6 Å². The lowest BCUT2D eigenvalue weighted by molar-refractivity contribution is 0.102. The van der Waals surface area contributed by atoms with Crippen molar-refractivity contribution in [2.24, 2.45) is 10.7 Å². The molecule has 0 spiro atoms. The van der Waals surface area contributed by atoms with E-state index in [1.807, 2.05) is 0 Å². The zero-order valence-electron chi connectivity index (χ0n) is 16.3. The SMILES string of the molecule is CC1(C)C(N)=N[C@](C)(c2cc(NC(=O)c3ncc(Cl)cc3Br)ccc2F)CS1(=O)=O. The number of sulfone groups is 1. The van der Waals surface area contributed by atoms with Crippen LogP contribution in [0, 0.1) is 5.82 Å². The van der Waals surface area contributed by atoms with Gasteiger partial charge >= 0.3 is 0 Å². The summed E-state index contributed by atoms with van der Waals surface area (Å²) < 4.78 is 39.2. The summed E-state index contributed by atoms with van der Waals surface area (Å²) in [6.07, 6.45) is 1.32. The fourth-order valence-corrected chi connectivity index (χ4v) is 5.57. The van der Waals surface area contributed by atoms with Crippen LogP contribution in [-0.4, -0.2) is 35.6 Å². The Labute approximate surface area is 187 Å². The molecule has 0 radical (unpaired) electrons. The molecule has 0 unspecified atom stereocenters. The van der Waals surface area contributed by atoms with Crippen molar-refractivity contribution < 1.29 is 17.6 Å². The molecule has 0 fully saturated rings. The lowest BCUT2D eigenvalue weighted by atomic mass is 9.92. The van der Waals surface area contributed by atoms with E-state index in [0.29, 0.717) is 9.50 Å². The molecule has 7 nitrogen and oxygen atoms in total. The molecule has 1 aromatic carbocycles. The first kappa shape index (κ1) is 22.6. The number of carbonyl (C=O) groups is 1. The zero-order chi connectivity index (χ0) is 22.5. The molecular weight excluding hydrogens is 499 g/mol. The van der Waals surface area contributed by atoms with Crippen LogP contribution >= 0.6 is 27.5 Å². The number of hydrogen-bond acceptors (Lipinski definition) is 6. The molecule has 2 aromatic rings. The number of benzene rings is 1. The van der Waals surface area contributed by atoms with Gasteiger partial charge in [-0.25, -0.2) is 17.8 Å². The molecule has 0 saturated heterocycles. The van der Waals surface area contributed by atoms with Crippen molar-refractivity contribution in [2.45, 2.75) is 31.1 Å². The monoisotopic (exact) mass is 516 g/mol. The third kappa shape index (κ3) is 3.95. The van der Waals surface area contributed by atoms with E-state index in [0.717, 1.165) is 6.07 Å². The van der Waals surface area contributed by atoms with Crippen LogP contribution in [0.5, 0.6) is 0 Å². The second-order valence-corrected chi connectivity index (χ2v) is 11.5. The number of aliphatic imine (C=N–C) groups is 1. The Hall–Kier alpha value is -2.04. The van der Waals surface area contributed by atoms with E-state index in [2.05, 4.69) is 31.2 Å². The van der Waals surface area contributed by atoms with Gasteiger partial charge in [0.05, 0.1) is 15.2 Å². The maximum absolute atomic E-state index is 14.7. The van der Waals surface area contributed by atoms with Gasteiger partial charge in [0.25, 0.3) is 5.91 Å². The van der Waals surface area contributed by atoms with Crippen LogP contribution in [0.15, 0.2) is 39.9 Å². The Kier molecular flexibility index (Phi) is 5.72. The highest BCUT2D eigenvalue weighted by Gasteiger charge is 2.49. The van der Waals surface area contributed by atoms with Gasteiger partial charge in [0, 0.05) is 17.4 Å². The van der Waals surface area contributed by atoms with Crippen molar-refractivity contribution in [1.29, 1.82) is 0 Å². The van der Waals surface area contributed by atoms with Crippen LogP contribution in [0.25, 0.3) is 0 Å². The number of nitrogens with zero attached hydrogens (tertiary/aromatic N) is 2. The average Bonchev–Trinajstić information content (AvgIpc) is 2.61. The Bertz CT molecular complexity index is 1190. The van der Waals surface area contributed by atoms with Gasteiger partial charge < -0.3 is 11.1 Å². The number of nitrogens with two attached hydrogens (primary N) is 1. The Balaban J connectivity index is 2.00. The molecule has 1 aliphatic rings. The van der Waals surface area contributed by atoms with E-state index in [1.54, 1.807) is 0 Å². The fourth-order valence-electron chi connectivity index (χ4n) is 3.07. The molecule has 1 aliphatic heterocycles. The van der Waals surface area contributed by atoms with Crippen molar-refractivity contribution in [3.63, 3.8) is 0 Å². The molecule has 30 heavy (non-hydrogen) atoms. The van der Waals surface area contributed by atoms with Crippen molar-refractivity contribution in [1.82, 2.24) is 4.98 Å². The summed E-state index contributed by atoms with van der Waals surface area (Å²) in [6.45, 7) is 4.42. The number of halogens is 3. The summed E-state index contributed by atoms with van der Waals surface area (Å²) in [5.41, 5.74) is 4.82. The number of pyridine rings is 1. The van der Waals surface area contributed by atoms with Crippen molar-refractivity contribution in [2.75, 3.05) is 11.1 Å². The van der Waals surface area contributed by atoms with Gasteiger partial charge in [-0.15, -0.1) is 0 Å². The Morgan fingerprint density at radius 3 is 2.57 bits per heavy atom. The molecule has 1 amide bonds. The number of aromatic nitrogens is 1. The molecule has 160 valence electrons. The molecule has 1 atom stereocenters. The van der Waals surface area contributed by atoms with Crippen LogP contribution in [0.2, 0.25) is 5.02 Å². The average molecular weight is 518 g/mol. The number of nitrogens with one attached hydrogen (secondary N) is 1. The van der Waals surface area contributed by atoms with Crippen LogP contribution < -0.4 is 11.1 Å². The summed E-state index contributed by atoms with van der Waals surface area (Å²) in [5, 5.41) is 2.97. The van der Waals surface area contributed by atoms with E-state index in [1.165, 1.54) is 45.2 Å². The molecular formula is C19H19BrClFN4O3S. The summed E-state index contributed by atoms with van der Waals surface area (Å²) in [4.78, 5) is 20.9. The van der Waals surface area contributed by atoms with E-state index < -0.39 is 37.6 Å². The smallest absolute Gasteiger partial charge is 0.275 e. The van der Waals surface area contributed by atoms with Gasteiger partial charge in [0.1, 0.15) is 27.6 Å². The van der Waals surface area contributed by atoms with E-state index in [4.69, 9.17) is 17.3 Å². The van der Waals surface area contributed by atoms with Crippen molar-refractivity contribution in [3.8, 4) is 0 Å². The maximum atomic E-state index is 14.7. The lowest BCUT2D eigenvalue weighted by Gasteiger charge is -2.38. The number of amidine groups is 1. The van der Waals surface area contributed by atoms with E-state index >= 15 is 0 Å². The first-order valence-corrected chi connectivity index (χ1v) is 11.6. The molecule has 0 aliphatic carbocycles. The van der Waals surface area contributed by atoms with Crippen LogP contribution in [0.1, 0.15) is 36.8 Å². The topological polar surface area (TPSA) is 115 Å². The summed E-state index contributed by atoms with van der Waals surface area (Å²) in [6, 6.07) is 5.37. The normalized spacial score (nSPS) is 22.3. The van der Waals surface area contributed by atoms with E-state index in [-0.39, 0.29) is 22.8 Å². The minimum absolute atomic E-state index is 0.00505. The fraction of sp³-hybridized carbons (Fsp3) is 0.316. The highest BCUT2D eigenvalue weighted by Crippen LogP contribution is 2.38. The highest BCUT2D eigenvalue weighted by molar-refractivity contribution is 9.10. The van der Waals surface area contributed by atoms with Crippen molar-refractivity contribution >= 4 is 54.8 Å².